The van der Waals surface area contributed by atoms with E-state index >= 15 is 0 Å². The molecule has 0 unspecified atom stereocenters. The zero-order chi connectivity index (χ0) is 15.6. The molecule has 2 heterocycles. The van der Waals surface area contributed by atoms with Crippen molar-refractivity contribution in [3.63, 3.8) is 0 Å². The van der Waals surface area contributed by atoms with Crippen LogP contribution < -0.4 is 10.1 Å². The maximum Gasteiger partial charge on any atom is 0.317 e. The van der Waals surface area contributed by atoms with Crippen LogP contribution in [0.25, 0.3) is 0 Å². The number of hydrogen-bond donors (Lipinski definition) is 1. The Hall–Kier alpha value is -1.85. The molecule has 1 atom stereocenters. The van der Waals surface area contributed by atoms with Crippen LogP contribution in [-0.2, 0) is 0 Å². The molecular weight excluding hydrogens is 268 g/mol. The van der Waals surface area contributed by atoms with Gasteiger partial charge in [0.15, 0.2) is 0 Å². The molecular formula is C15H24N4O2. The number of rotatable bonds is 2. The van der Waals surface area contributed by atoms with E-state index in [-0.39, 0.29) is 17.7 Å². The summed E-state index contributed by atoms with van der Waals surface area (Å²) in [5.74, 6) is 1.29. The molecule has 0 spiro atoms. The van der Waals surface area contributed by atoms with Crippen LogP contribution in [0.5, 0.6) is 5.88 Å². The van der Waals surface area contributed by atoms with Crippen molar-refractivity contribution in [2.45, 2.75) is 52.7 Å². The molecule has 2 rings (SSSR count). The van der Waals surface area contributed by atoms with E-state index in [4.69, 9.17) is 4.74 Å². The second-order valence-corrected chi connectivity index (χ2v) is 6.55. The van der Waals surface area contributed by atoms with Gasteiger partial charge in [-0.25, -0.2) is 9.78 Å². The van der Waals surface area contributed by atoms with Gasteiger partial charge in [0.05, 0.1) is 6.54 Å². The lowest BCUT2D eigenvalue weighted by molar-refractivity contribution is 0.177. The van der Waals surface area contributed by atoms with Gasteiger partial charge in [0.1, 0.15) is 11.9 Å². The molecule has 0 saturated carbocycles. The third kappa shape index (κ3) is 4.58. The summed E-state index contributed by atoms with van der Waals surface area (Å²) in [6.07, 6.45) is 0.809. The molecule has 1 N–H and O–H groups in total. The van der Waals surface area contributed by atoms with Crippen molar-refractivity contribution in [1.29, 1.82) is 0 Å². The highest BCUT2D eigenvalue weighted by molar-refractivity contribution is 5.75. The number of aromatic nitrogens is 2. The van der Waals surface area contributed by atoms with Gasteiger partial charge in [0.25, 0.3) is 0 Å². The minimum absolute atomic E-state index is 0.00980. The molecule has 1 aromatic heterocycles. The smallest absolute Gasteiger partial charge is 0.317 e. The van der Waals surface area contributed by atoms with Crippen LogP contribution in [0, 0.1) is 13.8 Å². The van der Waals surface area contributed by atoms with Gasteiger partial charge in [-0.05, 0) is 34.6 Å². The van der Waals surface area contributed by atoms with Crippen molar-refractivity contribution in [2.24, 2.45) is 0 Å². The second kappa shape index (κ2) is 5.87. The Kier molecular flexibility index (Phi) is 4.34. The van der Waals surface area contributed by atoms with Crippen molar-refractivity contribution in [3.05, 3.63) is 17.6 Å². The fourth-order valence-electron chi connectivity index (χ4n) is 2.32. The summed E-state index contributed by atoms with van der Waals surface area (Å²) in [6, 6.07) is 1.79. The zero-order valence-electron chi connectivity index (χ0n) is 13.4. The fraction of sp³-hybridized carbons (Fsp3) is 0.667. The van der Waals surface area contributed by atoms with E-state index in [0.29, 0.717) is 24.8 Å². The van der Waals surface area contributed by atoms with E-state index < -0.39 is 0 Å². The van der Waals surface area contributed by atoms with Crippen LogP contribution in [-0.4, -0.2) is 45.6 Å². The first-order valence-electron chi connectivity index (χ1n) is 7.29. The molecule has 6 nitrogen and oxygen atoms in total. The molecule has 1 fully saturated rings. The normalized spacial score (nSPS) is 18.7. The maximum atomic E-state index is 12.1. The monoisotopic (exact) mass is 292 g/mol. The predicted octanol–water partition coefficient (Wildman–Crippen LogP) is 2.05. The van der Waals surface area contributed by atoms with Crippen LogP contribution in [0.3, 0.4) is 0 Å². The second-order valence-electron chi connectivity index (χ2n) is 6.55. The average Bonchev–Trinajstić information content (AvgIpc) is 2.73. The molecule has 1 saturated heterocycles. The van der Waals surface area contributed by atoms with E-state index in [1.807, 2.05) is 40.7 Å². The van der Waals surface area contributed by atoms with Crippen LogP contribution in [0.4, 0.5) is 4.79 Å². The van der Waals surface area contributed by atoms with E-state index in [0.717, 1.165) is 12.1 Å². The molecule has 1 aromatic rings. The lowest BCUT2D eigenvalue weighted by Crippen LogP contribution is -2.48. The Morgan fingerprint density at radius 3 is 2.71 bits per heavy atom. The summed E-state index contributed by atoms with van der Waals surface area (Å²) in [5, 5.41) is 2.97. The number of nitrogens with one attached hydrogen (secondary N) is 1. The first-order valence-corrected chi connectivity index (χ1v) is 7.29. The maximum absolute atomic E-state index is 12.1. The average molecular weight is 292 g/mol. The van der Waals surface area contributed by atoms with Crippen molar-refractivity contribution in [2.75, 3.05) is 13.1 Å². The Bertz CT molecular complexity index is 505. The van der Waals surface area contributed by atoms with E-state index in [1.165, 1.54) is 0 Å². The number of amides is 2. The minimum Gasteiger partial charge on any atom is -0.472 e. The minimum atomic E-state index is -0.225. The highest BCUT2D eigenvalue weighted by Crippen LogP contribution is 2.18. The van der Waals surface area contributed by atoms with Gasteiger partial charge in [0, 0.05) is 30.3 Å². The number of likely N-dealkylation sites (tertiary alicyclic amines) is 1. The first kappa shape index (κ1) is 15.5. The van der Waals surface area contributed by atoms with Crippen LogP contribution in [0.1, 0.15) is 38.7 Å². The van der Waals surface area contributed by atoms with E-state index in [9.17, 15) is 4.79 Å². The molecule has 0 aliphatic carbocycles. The molecule has 21 heavy (non-hydrogen) atoms. The lowest BCUT2D eigenvalue weighted by atomic mass is 10.1. The first-order chi connectivity index (χ1) is 9.73. The quantitative estimate of drug-likeness (QED) is 0.906. The van der Waals surface area contributed by atoms with Gasteiger partial charge in [-0.1, -0.05) is 0 Å². The number of hydrogen-bond acceptors (Lipinski definition) is 4. The number of carbonyl (C=O) groups is 1. The molecule has 6 heteroatoms. The number of aryl methyl sites for hydroxylation is 2. The molecule has 1 aliphatic rings. The van der Waals surface area contributed by atoms with Crippen LogP contribution in [0.15, 0.2) is 6.07 Å². The van der Waals surface area contributed by atoms with Gasteiger partial charge in [-0.15, -0.1) is 0 Å². The fourth-order valence-corrected chi connectivity index (χ4v) is 2.32. The molecule has 0 bridgehead atoms. The highest BCUT2D eigenvalue weighted by atomic mass is 16.5. The number of nitrogens with zero attached hydrogens (tertiary/aromatic N) is 3. The summed E-state index contributed by atoms with van der Waals surface area (Å²) in [6.45, 7) is 11.0. The molecule has 1 aliphatic heterocycles. The number of urea groups is 1. The summed E-state index contributed by atoms with van der Waals surface area (Å²) in [4.78, 5) is 22.4. The molecule has 2 amide bonds. The Morgan fingerprint density at radius 1 is 1.38 bits per heavy atom. The van der Waals surface area contributed by atoms with Gasteiger partial charge >= 0.3 is 6.03 Å². The third-order valence-corrected chi connectivity index (χ3v) is 3.14. The summed E-state index contributed by atoms with van der Waals surface area (Å²) >= 11 is 0. The van der Waals surface area contributed by atoms with Crippen LogP contribution >= 0.6 is 0 Å². The van der Waals surface area contributed by atoms with Crippen molar-refractivity contribution in [1.82, 2.24) is 20.2 Å². The third-order valence-electron chi connectivity index (χ3n) is 3.14. The zero-order valence-corrected chi connectivity index (χ0v) is 13.4. The Labute approximate surface area is 125 Å². The van der Waals surface area contributed by atoms with Gasteiger partial charge in [-0.2, -0.15) is 4.98 Å². The Morgan fingerprint density at radius 2 is 2.10 bits per heavy atom. The lowest BCUT2D eigenvalue weighted by Gasteiger charge is -2.25. The van der Waals surface area contributed by atoms with Gasteiger partial charge in [-0.3, -0.25) is 0 Å². The van der Waals surface area contributed by atoms with Crippen LogP contribution in [0.2, 0.25) is 0 Å². The van der Waals surface area contributed by atoms with Crippen molar-refractivity contribution in [3.8, 4) is 5.88 Å². The summed E-state index contributed by atoms with van der Waals surface area (Å²) < 4.78 is 5.87. The molecule has 0 radical (unpaired) electrons. The van der Waals surface area contributed by atoms with Gasteiger partial charge in [0.2, 0.25) is 5.88 Å². The number of ether oxygens (including phenoxy) is 1. The standard InChI is InChI=1S/C15H24N4O2/c1-10-8-13(17-11(2)16-10)21-12-6-7-19(9-12)14(20)18-15(3,4)5/h8,12H,6-7,9H2,1-5H3,(H,18,20)/t12-/m0/s1. The predicted molar refractivity (Wildman–Crippen MR) is 80.4 cm³/mol. The van der Waals surface area contributed by atoms with Crippen molar-refractivity contribution >= 4 is 6.03 Å². The largest absolute Gasteiger partial charge is 0.472 e. The molecule has 0 aromatic carbocycles. The van der Waals surface area contributed by atoms with Gasteiger partial charge < -0.3 is 15.0 Å². The SMILES string of the molecule is Cc1cc(O[C@H]2CCN(C(=O)NC(C)(C)C)C2)nc(C)n1. The van der Waals surface area contributed by atoms with E-state index in [1.54, 1.807) is 4.90 Å². The number of carbonyl (C=O) groups excluding carboxylic acids is 1. The van der Waals surface area contributed by atoms with E-state index in [2.05, 4.69) is 15.3 Å². The molecule has 116 valence electrons. The van der Waals surface area contributed by atoms with Crippen molar-refractivity contribution < 1.29 is 9.53 Å². The Balaban J connectivity index is 1.92. The topological polar surface area (TPSA) is 67.3 Å². The summed E-state index contributed by atoms with van der Waals surface area (Å²) in [7, 11) is 0. The summed E-state index contributed by atoms with van der Waals surface area (Å²) in [5.41, 5.74) is 0.662. The highest BCUT2D eigenvalue weighted by Gasteiger charge is 2.29.